The predicted octanol–water partition coefficient (Wildman–Crippen LogP) is 3.54. The average Bonchev–Trinajstić information content (AvgIpc) is 2.37. The number of ether oxygens (including phenoxy) is 1. The van der Waals surface area contributed by atoms with Gasteiger partial charge in [0.05, 0.1) is 6.10 Å². The first-order valence-corrected chi connectivity index (χ1v) is 7.27. The summed E-state index contributed by atoms with van der Waals surface area (Å²) in [4.78, 5) is 0. The third-order valence-corrected chi connectivity index (χ3v) is 3.82. The maximum atomic E-state index is 6.07. The molecule has 2 nitrogen and oxygen atoms in total. The molecule has 100 valence electrons. The molecular formula is C16H25NO. The van der Waals surface area contributed by atoms with Crippen molar-refractivity contribution in [1.82, 2.24) is 5.32 Å². The SMILES string of the molecule is CCNCC(OCCC1CCC1)c1ccccc1. The summed E-state index contributed by atoms with van der Waals surface area (Å²) in [6, 6.07) is 10.5. The van der Waals surface area contributed by atoms with E-state index in [1.165, 1.54) is 31.2 Å². The second kappa shape index (κ2) is 7.55. The van der Waals surface area contributed by atoms with E-state index in [0.29, 0.717) is 0 Å². The zero-order chi connectivity index (χ0) is 12.6. The van der Waals surface area contributed by atoms with Crippen molar-refractivity contribution in [2.24, 2.45) is 5.92 Å². The smallest absolute Gasteiger partial charge is 0.0949 e. The highest BCUT2D eigenvalue weighted by Crippen LogP contribution is 2.29. The van der Waals surface area contributed by atoms with Crippen LogP contribution in [-0.2, 0) is 4.74 Å². The summed E-state index contributed by atoms with van der Waals surface area (Å²) >= 11 is 0. The van der Waals surface area contributed by atoms with Crippen molar-refractivity contribution < 1.29 is 4.74 Å². The molecule has 1 aromatic carbocycles. The van der Waals surface area contributed by atoms with E-state index in [2.05, 4.69) is 42.6 Å². The number of rotatable bonds is 8. The van der Waals surface area contributed by atoms with E-state index in [-0.39, 0.29) is 6.10 Å². The first-order chi connectivity index (χ1) is 8.90. The molecule has 1 atom stereocenters. The molecule has 1 fully saturated rings. The van der Waals surface area contributed by atoms with Crippen molar-refractivity contribution in [3.63, 3.8) is 0 Å². The van der Waals surface area contributed by atoms with Gasteiger partial charge in [0, 0.05) is 13.2 Å². The molecule has 1 aliphatic rings. The van der Waals surface area contributed by atoms with Gasteiger partial charge in [-0.25, -0.2) is 0 Å². The van der Waals surface area contributed by atoms with Crippen LogP contribution in [0.15, 0.2) is 30.3 Å². The molecule has 18 heavy (non-hydrogen) atoms. The largest absolute Gasteiger partial charge is 0.372 e. The van der Waals surface area contributed by atoms with Gasteiger partial charge >= 0.3 is 0 Å². The van der Waals surface area contributed by atoms with Gasteiger partial charge in [-0.3, -0.25) is 0 Å². The van der Waals surface area contributed by atoms with Crippen LogP contribution in [0.3, 0.4) is 0 Å². The van der Waals surface area contributed by atoms with Crippen LogP contribution in [0, 0.1) is 5.92 Å². The molecule has 1 aromatic rings. The average molecular weight is 247 g/mol. The molecule has 1 aliphatic carbocycles. The fraction of sp³-hybridized carbons (Fsp3) is 0.625. The Balaban J connectivity index is 1.80. The normalized spacial score (nSPS) is 17.4. The second-order valence-corrected chi connectivity index (χ2v) is 5.16. The van der Waals surface area contributed by atoms with Crippen molar-refractivity contribution in [3.05, 3.63) is 35.9 Å². The van der Waals surface area contributed by atoms with Gasteiger partial charge in [0.2, 0.25) is 0 Å². The highest BCUT2D eigenvalue weighted by molar-refractivity contribution is 5.17. The summed E-state index contributed by atoms with van der Waals surface area (Å²) in [5, 5.41) is 3.39. The molecule has 2 heteroatoms. The summed E-state index contributed by atoms with van der Waals surface area (Å²) in [5.74, 6) is 0.931. The van der Waals surface area contributed by atoms with E-state index in [0.717, 1.165) is 25.6 Å². The lowest BCUT2D eigenvalue weighted by molar-refractivity contribution is 0.0375. The maximum Gasteiger partial charge on any atom is 0.0949 e. The van der Waals surface area contributed by atoms with E-state index in [4.69, 9.17) is 4.74 Å². The molecular weight excluding hydrogens is 222 g/mol. The Morgan fingerprint density at radius 3 is 2.67 bits per heavy atom. The lowest BCUT2D eigenvalue weighted by Gasteiger charge is -2.26. The number of benzene rings is 1. The molecule has 2 rings (SSSR count). The van der Waals surface area contributed by atoms with Crippen molar-refractivity contribution in [2.75, 3.05) is 19.7 Å². The number of hydrogen-bond acceptors (Lipinski definition) is 2. The van der Waals surface area contributed by atoms with Crippen LogP contribution in [0.1, 0.15) is 44.3 Å². The molecule has 1 saturated carbocycles. The van der Waals surface area contributed by atoms with E-state index >= 15 is 0 Å². The first-order valence-electron chi connectivity index (χ1n) is 7.27. The third-order valence-electron chi connectivity index (χ3n) is 3.82. The Labute approximate surface area is 111 Å². The summed E-state index contributed by atoms with van der Waals surface area (Å²) in [6.07, 6.45) is 5.67. The minimum atomic E-state index is 0.200. The Morgan fingerprint density at radius 1 is 1.28 bits per heavy atom. The molecule has 0 amide bonds. The summed E-state index contributed by atoms with van der Waals surface area (Å²) in [5.41, 5.74) is 1.28. The van der Waals surface area contributed by atoms with Crippen LogP contribution < -0.4 is 5.32 Å². The Morgan fingerprint density at radius 2 is 2.06 bits per heavy atom. The first kappa shape index (κ1) is 13.6. The van der Waals surface area contributed by atoms with Gasteiger partial charge in [-0.1, -0.05) is 56.5 Å². The van der Waals surface area contributed by atoms with Gasteiger partial charge in [-0.05, 0) is 24.4 Å². The number of nitrogens with one attached hydrogen (secondary N) is 1. The van der Waals surface area contributed by atoms with E-state index in [9.17, 15) is 0 Å². The van der Waals surface area contributed by atoms with Gasteiger partial charge in [0.25, 0.3) is 0 Å². The summed E-state index contributed by atoms with van der Waals surface area (Å²) in [6.45, 7) is 4.94. The maximum absolute atomic E-state index is 6.07. The van der Waals surface area contributed by atoms with Gasteiger partial charge < -0.3 is 10.1 Å². The van der Waals surface area contributed by atoms with Crippen molar-refractivity contribution >= 4 is 0 Å². The molecule has 0 radical (unpaired) electrons. The van der Waals surface area contributed by atoms with Crippen molar-refractivity contribution in [1.29, 1.82) is 0 Å². The fourth-order valence-corrected chi connectivity index (χ4v) is 2.37. The highest BCUT2D eigenvalue weighted by atomic mass is 16.5. The zero-order valence-corrected chi connectivity index (χ0v) is 11.4. The van der Waals surface area contributed by atoms with Gasteiger partial charge in [-0.15, -0.1) is 0 Å². The van der Waals surface area contributed by atoms with Crippen LogP contribution in [0.25, 0.3) is 0 Å². The molecule has 1 N–H and O–H groups in total. The Kier molecular flexibility index (Phi) is 5.69. The number of likely N-dealkylation sites (N-methyl/N-ethyl adjacent to an activating group) is 1. The van der Waals surface area contributed by atoms with Gasteiger partial charge in [-0.2, -0.15) is 0 Å². The highest BCUT2D eigenvalue weighted by Gasteiger charge is 2.18. The van der Waals surface area contributed by atoms with Crippen LogP contribution >= 0.6 is 0 Å². The standard InChI is InChI=1S/C16H25NO/c1-2-17-13-16(15-9-4-3-5-10-15)18-12-11-14-7-6-8-14/h3-5,9-10,14,16-17H,2,6-8,11-13H2,1H3. The van der Waals surface area contributed by atoms with Gasteiger partial charge in [0.15, 0.2) is 0 Å². The minimum absolute atomic E-state index is 0.200. The van der Waals surface area contributed by atoms with Crippen molar-refractivity contribution in [2.45, 2.75) is 38.7 Å². The molecule has 0 bridgehead atoms. The lowest BCUT2D eigenvalue weighted by atomic mass is 9.83. The molecule has 1 unspecified atom stereocenters. The lowest BCUT2D eigenvalue weighted by Crippen LogP contribution is -2.24. The van der Waals surface area contributed by atoms with Gasteiger partial charge in [0.1, 0.15) is 0 Å². The Hall–Kier alpha value is -0.860. The van der Waals surface area contributed by atoms with Crippen LogP contribution in [-0.4, -0.2) is 19.7 Å². The third kappa shape index (κ3) is 4.11. The van der Waals surface area contributed by atoms with Crippen LogP contribution in [0.5, 0.6) is 0 Å². The zero-order valence-electron chi connectivity index (χ0n) is 11.4. The van der Waals surface area contributed by atoms with Crippen LogP contribution in [0.4, 0.5) is 0 Å². The second-order valence-electron chi connectivity index (χ2n) is 5.16. The quantitative estimate of drug-likeness (QED) is 0.758. The predicted molar refractivity (Wildman–Crippen MR) is 75.6 cm³/mol. The number of hydrogen-bond donors (Lipinski definition) is 1. The Bertz CT molecular complexity index is 321. The van der Waals surface area contributed by atoms with E-state index < -0.39 is 0 Å². The summed E-state index contributed by atoms with van der Waals surface area (Å²) in [7, 11) is 0. The molecule has 0 saturated heterocycles. The minimum Gasteiger partial charge on any atom is -0.372 e. The van der Waals surface area contributed by atoms with Crippen molar-refractivity contribution in [3.8, 4) is 0 Å². The summed E-state index contributed by atoms with van der Waals surface area (Å²) < 4.78 is 6.07. The van der Waals surface area contributed by atoms with E-state index in [1.54, 1.807) is 0 Å². The molecule has 0 aromatic heterocycles. The molecule has 0 aliphatic heterocycles. The monoisotopic (exact) mass is 247 g/mol. The fourth-order valence-electron chi connectivity index (χ4n) is 2.37. The van der Waals surface area contributed by atoms with E-state index in [1.807, 2.05) is 0 Å². The molecule has 0 heterocycles. The molecule has 0 spiro atoms. The van der Waals surface area contributed by atoms with Crippen LogP contribution in [0.2, 0.25) is 0 Å². The topological polar surface area (TPSA) is 21.3 Å².